The van der Waals surface area contributed by atoms with Crippen LogP contribution >= 0.6 is 11.6 Å². The first-order valence-electron chi connectivity index (χ1n) is 6.67. The molecule has 2 aromatic carbocycles. The summed E-state index contributed by atoms with van der Waals surface area (Å²) in [6.07, 6.45) is 0. The Morgan fingerprint density at radius 3 is 2.70 bits per heavy atom. The molecule has 0 aliphatic rings. The zero-order chi connectivity index (χ0) is 16.4. The molecule has 116 valence electrons. The van der Waals surface area contributed by atoms with Gasteiger partial charge in [0.1, 0.15) is 5.82 Å². The quantitative estimate of drug-likeness (QED) is 0.800. The van der Waals surface area contributed by atoms with Crippen LogP contribution in [-0.2, 0) is 0 Å². The first kappa shape index (κ1) is 15.1. The lowest BCUT2D eigenvalue weighted by Crippen LogP contribution is -2.15. The van der Waals surface area contributed by atoms with E-state index in [4.69, 9.17) is 11.6 Å². The van der Waals surface area contributed by atoms with Crippen LogP contribution in [0.25, 0.3) is 5.69 Å². The van der Waals surface area contributed by atoms with Gasteiger partial charge in [-0.1, -0.05) is 17.7 Å². The Morgan fingerprint density at radius 1 is 1.22 bits per heavy atom. The fourth-order valence-corrected chi connectivity index (χ4v) is 2.08. The Morgan fingerprint density at radius 2 is 1.96 bits per heavy atom. The molecule has 0 aliphatic carbocycles. The summed E-state index contributed by atoms with van der Waals surface area (Å²) in [6.45, 7) is 1.79. The topological polar surface area (TPSA) is 72.7 Å². The summed E-state index contributed by atoms with van der Waals surface area (Å²) < 4.78 is 12.9. The lowest BCUT2D eigenvalue weighted by atomic mass is 10.2. The third-order valence-corrected chi connectivity index (χ3v) is 3.60. The van der Waals surface area contributed by atoms with Crippen LogP contribution in [0.15, 0.2) is 42.5 Å². The Hall–Kier alpha value is -2.80. The molecule has 0 saturated carbocycles. The molecule has 3 rings (SSSR count). The standard InChI is InChI=1S/C15H11ClFN5O/c1-9-12(16)3-2-4-13(9)18-15(23)14-19-21-22(20-14)11-7-5-10(17)6-8-11/h2-8H,1H3,(H,18,23). The molecule has 0 saturated heterocycles. The van der Waals surface area contributed by atoms with E-state index in [0.29, 0.717) is 16.4 Å². The molecule has 0 radical (unpaired) electrons. The summed E-state index contributed by atoms with van der Waals surface area (Å²) >= 11 is 6.01. The van der Waals surface area contributed by atoms with E-state index in [1.54, 1.807) is 25.1 Å². The summed E-state index contributed by atoms with van der Waals surface area (Å²) in [6, 6.07) is 10.7. The van der Waals surface area contributed by atoms with Crippen LogP contribution in [0.1, 0.15) is 16.2 Å². The van der Waals surface area contributed by atoms with E-state index in [-0.39, 0.29) is 11.6 Å². The lowest BCUT2D eigenvalue weighted by molar-refractivity contribution is 0.101. The zero-order valence-electron chi connectivity index (χ0n) is 12.0. The highest BCUT2D eigenvalue weighted by Crippen LogP contribution is 2.23. The van der Waals surface area contributed by atoms with E-state index in [9.17, 15) is 9.18 Å². The summed E-state index contributed by atoms with van der Waals surface area (Å²) in [7, 11) is 0. The largest absolute Gasteiger partial charge is 0.319 e. The second-order valence-corrected chi connectivity index (χ2v) is 5.15. The number of nitrogens with one attached hydrogen (secondary N) is 1. The molecule has 1 amide bonds. The van der Waals surface area contributed by atoms with Gasteiger partial charge in [-0.2, -0.15) is 0 Å². The number of aromatic nitrogens is 4. The SMILES string of the molecule is Cc1c(Cl)cccc1NC(=O)c1nnn(-c2ccc(F)cc2)n1. The van der Waals surface area contributed by atoms with Gasteiger partial charge >= 0.3 is 0 Å². The number of tetrazole rings is 1. The third-order valence-electron chi connectivity index (χ3n) is 3.19. The fourth-order valence-electron chi connectivity index (χ4n) is 1.91. The van der Waals surface area contributed by atoms with Gasteiger partial charge in [0.2, 0.25) is 0 Å². The monoisotopic (exact) mass is 331 g/mol. The second kappa shape index (κ2) is 6.13. The molecule has 0 spiro atoms. The smallest absolute Gasteiger partial charge is 0.297 e. The molecular weight excluding hydrogens is 321 g/mol. The minimum Gasteiger partial charge on any atom is -0.319 e. The van der Waals surface area contributed by atoms with Crippen LogP contribution in [0.2, 0.25) is 5.02 Å². The highest BCUT2D eigenvalue weighted by molar-refractivity contribution is 6.31. The first-order valence-corrected chi connectivity index (χ1v) is 7.05. The highest BCUT2D eigenvalue weighted by atomic mass is 35.5. The van der Waals surface area contributed by atoms with E-state index in [2.05, 4.69) is 20.7 Å². The number of hydrogen-bond acceptors (Lipinski definition) is 4. The number of anilines is 1. The van der Waals surface area contributed by atoms with E-state index >= 15 is 0 Å². The molecule has 0 unspecified atom stereocenters. The van der Waals surface area contributed by atoms with Crippen LogP contribution in [0, 0.1) is 12.7 Å². The van der Waals surface area contributed by atoms with Gasteiger partial charge in [0.05, 0.1) is 5.69 Å². The average Bonchev–Trinajstić information content (AvgIpc) is 3.02. The molecule has 3 aromatic rings. The Balaban J connectivity index is 1.81. The van der Waals surface area contributed by atoms with Gasteiger partial charge < -0.3 is 5.32 Å². The average molecular weight is 332 g/mol. The molecule has 0 atom stereocenters. The van der Waals surface area contributed by atoms with Gasteiger partial charge in [-0.15, -0.1) is 15.0 Å². The van der Waals surface area contributed by atoms with E-state index in [1.807, 2.05) is 0 Å². The molecule has 0 bridgehead atoms. The molecule has 0 aliphatic heterocycles. The number of benzene rings is 2. The second-order valence-electron chi connectivity index (χ2n) is 4.75. The Labute approximate surface area is 135 Å². The van der Waals surface area contributed by atoms with Crippen LogP contribution in [0.3, 0.4) is 0 Å². The lowest BCUT2D eigenvalue weighted by Gasteiger charge is -2.07. The minimum absolute atomic E-state index is 0.103. The van der Waals surface area contributed by atoms with Crippen molar-refractivity contribution in [2.75, 3.05) is 5.32 Å². The number of amides is 1. The maximum absolute atomic E-state index is 12.9. The van der Waals surface area contributed by atoms with Gasteiger partial charge in [0.15, 0.2) is 0 Å². The predicted molar refractivity (Wildman–Crippen MR) is 83.3 cm³/mol. The molecule has 1 heterocycles. The summed E-state index contributed by atoms with van der Waals surface area (Å²) in [4.78, 5) is 13.3. The number of nitrogens with zero attached hydrogens (tertiary/aromatic N) is 4. The molecule has 1 N–H and O–H groups in total. The van der Waals surface area contributed by atoms with Crippen LogP contribution < -0.4 is 5.32 Å². The van der Waals surface area contributed by atoms with E-state index in [0.717, 1.165) is 10.4 Å². The molecule has 23 heavy (non-hydrogen) atoms. The van der Waals surface area contributed by atoms with Crippen molar-refractivity contribution in [2.45, 2.75) is 6.92 Å². The van der Waals surface area contributed by atoms with Crippen LogP contribution in [-0.4, -0.2) is 26.1 Å². The maximum atomic E-state index is 12.9. The van der Waals surface area contributed by atoms with Crippen molar-refractivity contribution < 1.29 is 9.18 Å². The normalized spacial score (nSPS) is 10.6. The van der Waals surface area contributed by atoms with Crippen molar-refractivity contribution >= 4 is 23.2 Å². The zero-order valence-corrected chi connectivity index (χ0v) is 12.8. The number of carbonyl (C=O) groups is 1. The van der Waals surface area contributed by atoms with E-state index in [1.165, 1.54) is 24.3 Å². The van der Waals surface area contributed by atoms with Crippen molar-refractivity contribution in [3.8, 4) is 5.69 Å². The van der Waals surface area contributed by atoms with Gasteiger partial charge in [-0.05, 0) is 54.1 Å². The summed E-state index contributed by atoms with van der Waals surface area (Å²) in [5.74, 6) is -0.985. The Bertz CT molecular complexity index is 863. The van der Waals surface area contributed by atoms with Gasteiger partial charge in [0.25, 0.3) is 11.7 Å². The molecule has 8 heteroatoms. The maximum Gasteiger partial charge on any atom is 0.297 e. The summed E-state index contributed by atoms with van der Waals surface area (Å²) in [5.41, 5.74) is 1.81. The first-order chi connectivity index (χ1) is 11.0. The number of halogens is 2. The van der Waals surface area contributed by atoms with Crippen molar-refractivity contribution in [3.05, 3.63) is 64.7 Å². The fraction of sp³-hybridized carbons (Fsp3) is 0.0667. The van der Waals surface area contributed by atoms with Crippen molar-refractivity contribution in [1.82, 2.24) is 20.2 Å². The van der Waals surface area contributed by atoms with Gasteiger partial charge in [-0.25, -0.2) is 4.39 Å². The van der Waals surface area contributed by atoms with Crippen molar-refractivity contribution in [2.24, 2.45) is 0 Å². The van der Waals surface area contributed by atoms with Gasteiger partial charge in [0, 0.05) is 10.7 Å². The molecular formula is C15H11ClFN5O. The molecule has 0 fully saturated rings. The minimum atomic E-state index is -0.510. The van der Waals surface area contributed by atoms with Crippen molar-refractivity contribution in [1.29, 1.82) is 0 Å². The number of rotatable bonds is 3. The number of carbonyl (C=O) groups excluding carboxylic acids is 1. The number of hydrogen-bond donors (Lipinski definition) is 1. The highest BCUT2D eigenvalue weighted by Gasteiger charge is 2.15. The Kier molecular flexibility index (Phi) is 4.03. The third kappa shape index (κ3) is 3.19. The summed E-state index contributed by atoms with van der Waals surface area (Å²) in [5, 5.41) is 14.7. The molecule has 1 aromatic heterocycles. The van der Waals surface area contributed by atoms with Crippen LogP contribution in [0.4, 0.5) is 10.1 Å². The van der Waals surface area contributed by atoms with Crippen LogP contribution in [0.5, 0.6) is 0 Å². The van der Waals surface area contributed by atoms with E-state index < -0.39 is 5.91 Å². The van der Waals surface area contributed by atoms with Gasteiger partial charge in [-0.3, -0.25) is 4.79 Å². The predicted octanol–water partition coefficient (Wildman–Crippen LogP) is 3.02. The molecule has 6 nitrogen and oxygen atoms in total. The van der Waals surface area contributed by atoms with Crippen molar-refractivity contribution in [3.63, 3.8) is 0 Å².